The van der Waals surface area contributed by atoms with Crippen molar-refractivity contribution in [2.75, 3.05) is 36.5 Å². The van der Waals surface area contributed by atoms with Gasteiger partial charge in [-0.1, -0.05) is 47.5 Å². The number of hydrogen-bond acceptors (Lipinski definition) is 3. The molecule has 0 radical (unpaired) electrons. The lowest BCUT2D eigenvalue weighted by molar-refractivity contribution is -0.117. The minimum atomic E-state index is -0.0496. The van der Waals surface area contributed by atoms with Crippen molar-refractivity contribution in [2.45, 2.75) is 12.3 Å². The second-order valence-electron chi connectivity index (χ2n) is 6.69. The van der Waals surface area contributed by atoms with Gasteiger partial charge in [0.15, 0.2) is 0 Å². The Balaban J connectivity index is 1.50. The fraction of sp³-hybridized carbons (Fsp3) is 0.350. The van der Waals surface area contributed by atoms with E-state index in [2.05, 4.69) is 10.2 Å². The molecule has 1 aliphatic carbocycles. The summed E-state index contributed by atoms with van der Waals surface area (Å²) in [6.45, 7) is 2.85. The summed E-state index contributed by atoms with van der Waals surface area (Å²) in [5, 5.41) is 4.45. The number of ether oxygens (including phenoxy) is 1. The molecule has 1 saturated carbocycles. The lowest BCUT2D eigenvalue weighted by atomic mass is 10.1. The topological polar surface area (TPSA) is 41.6 Å². The standard InChI is InChI=1S/C20H20Cl2N2O2/c21-16-5-2-1-4-13(16)14-12-15(14)20(25)23-18-7-3-6-17(22)19(18)24-8-10-26-11-9-24/h1-7,14-15H,8-12H2,(H,23,25). The molecular formula is C20H20Cl2N2O2. The van der Waals surface area contributed by atoms with Gasteiger partial charge in [-0.15, -0.1) is 0 Å². The van der Waals surface area contributed by atoms with E-state index in [0.717, 1.165) is 41.5 Å². The Kier molecular flexibility index (Phi) is 5.07. The van der Waals surface area contributed by atoms with E-state index in [9.17, 15) is 4.79 Å². The number of carbonyl (C=O) groups is 1. The van der Waals surface area contributed by atoms with Gasteiger partial charge in [0.2, 0.25) is 5.91 Å². The number of morpholine rings is 1. The van der Waals surface area contributed by atoms with Crippen LogP contribution in [0.5, 0.6) is 0 Å². The largest absolute Gasteiger partial charge is 0.378 e. The van der Waals surface area contributed by atoms with Crippen LogP contribution in [0.4, 0.5) is 11.4 Å². The Hall–Kier alpha value is -1.75. The number of anilines is 2. The highest BCUT2D eigenvalue weighted by Crippen LogP contribution is 2.50. The average Bonchev–Trinajstić information content (AvgIpc) is 3.44. The van der Waals surface area contributed by atoms with Crippen molar-refractivity contribution in [3.05, 3.63) is 58.1 Å². The highest BCUT2D eigenvalue weighted by atomic mass is 35.5. The van der Waals surface area contributed by atoms with E-state index in [4.69, 9.17) is 27.9 Å². The fourth-order valence-electron chi connectivity index (χ4n) is 3.55. The Bertz CT molecular complexity index is 821. The number of nitrogens with zero attached hydrogens (tertiary/aromatic N) is 1. The van der Waals surface area contributed by atoms with Crippen LogP contribution < -0.4 is 10.2 Å². The molecule has 26 heavy (non-hydrogen) atoms. The van der Waals surface area contributed by atoms with Crippen molar-refractivity contribution in [2.24, 2.45) is 5.92 Å². The lowest BCUT2D eigenvalue weighted by Crippen LogP contribution is -2.37. The fourth-order valence-corrected chi connectivity index (χ4v) is 4.12. The molecule has 1 aliphatic heterocycles. The van der Waals surface area contributed by atoms with E-state index in [1.54, 1.807) is 0 Å². The van der Waals surface area contributed by atoms with Crippen LogP contribution >= 0.6 is 23.2 Å². The highest BCUT2D eigenvalue weighted by Gasteiger charge is 2.45. The van der Waals surface area contributed by atoms with E-state index < -0.39 is 0 Å². The molecule has 1 N–H and O–H groups in total. The average molecular weight is 391 g/mol. The molecule has 4 nitrogen and oxygen atoms in total. The quantitative estimate of drug-likeness (QED) is 0.830. The van der Waals surface area contributed by atoms with Crippen LogP contribution in [0.25, 0.3) is 0 Å². The van der Waals surface area contributed by atoms with Gasteiger partial charge in [0.25, 0.3) is 0 Å². The second kappa shape index (κ2) is 7.47. The molecule has 1 amide bonds. The third-order valence-corrected chi connectivity index (χ3v) is 5.65. The molecule has 4 rings (SSSR count). The summed E-state index contributed by atoms with van der Waals surface area (Å²) in [7, 11) is 0. The number of rotatable bonds is 4. The van der Waals surface area contributed by atoms with Gasteiger partial charge in [-0.05, 0) is 36.1 Å². The maximum atomic E-state index is 12.8. The van der Waals surface area contributed by atoms with E-state index in [-0.39, 0.29) is 17.7 Å². The van der Waals surface area contributed by atoms with Gasteiger partial charge in [-0.2, -0.15) is 0 Å². The third kappa shape index (κ3) is 3.54. The van der Waals surface area contributed by atoms with Crippen LogP contribution in [-0.4, -0.2) is 32.2 Å². The van der Waals surface area contributed by atoms with Gasteiger partial charge in [0, 0.05) is 24.0 Å². The van der Waals surface area contributed by atoms with Crippen molar-refractivity contribution < 1.29 is 9.53 Å². The van der Waals surface area contributed by atoms with Gasteiger partial charge in [-0.3, -0.25) is 4.79 Å². The first kappa shape index (κ1) is 17.7. The summed E-state index contributed by atoms with van der Waals surface area (Å²) in [5.74, 6) is 0.160. The van der Waals surface area contributed by atoms with Crippen LogP contribution in [-0.2, 0) is 9.53 Å². The minimum Gasteiger partial charge on any atom is -0.378 e. The van der Waals surface area contributed by atoms with E-state index >= 15 is 0 Å². The van der Waals surface area contributed by atoms with Crippen LogP contribution in [0.15, 0.2) is 42.5 Å². The Morgan fingerprint density at radius 2 is 1.77 bits per heavy atom. The molecule has 2 aliphatic rings. The molecule has 2 fully saturated rings. The van der Waals surface area contributed by atoms with Crippen LogP contribution in [0.3, 0.4) is 0 Å². The van der Waals surface area contributed by atoms with Crippen LogP contribution in [0.2, 0.25) is 10.0 Å². The number of para-hydroxylation sites is 1. The molecule has 136 valence electrons. The van der Waals surface area contributed by atoms with Gasteiger partial charge < -0.3 is 15.0 Å². The highest BCUT2D eigenvalue weighted by molar-refractivity contribution is 6.34. The van der Waals surface area contributed by atoms with E-state index in [1.165, 1.54) is 0 Å². The maximum Gasteiger partial charge on any atom is 0.228 e. The molecule has 2 aromatic carbocycles. The number of benzene rings is 2. The van der Waals surface area contributed by atoms with Crippen LogP contribution in [0.1, 0.15) is 17.9 Å². The monoisotopic (exact) mass is 390 g/mol. The zero-order chi connectivity index (χ0) is 18.1. The molecule has 0 spiro atoms. The predicted octanol–water partition coefficient (Wildman–Crippen LogP) is 4.57. The van der Waals surface area contributed by atoms with Crippen molar-refractivity contribution in [1.82, 2.24) is 0 Å². The number of carbonyl (C=O) groups excluding carboxylic acids is 1. The summed E-state index contributed by atoms with van der Waals surface area (Å²) < 4.78 is 5.42. The zero-order valence-electron chi connectivity index (χ0n) is 14.3. The Morgan fingerprint density at radius 3 is 2.54 bits per heavy atom. The number of amides is 1. The summed E-state index contributed by atoms with van der Waals surface area (Å²) in [6, 6.07) is 13.4. The van der Waals surface area contributed by atoms with E-state index in [1.807, 2.05) is 42.5 Å². The van der Waals surface area contributed by atoms with Gasteiger partial charge >= 0.3 is 0 Å². The molecule has 2 atom stereocenters. The summed E-state index contributed by atoms with van der Waals surface area (Å²) >= 11 is 12.7. The van der Waals surface area contributed by atoms with Gasteiger partial charge in [0.05, 0.1) is 29.6 Å². The summed E-state index contributed by atoms with van der Waals surface area (Å²) in [5.41, 5.74) is 2.68. The van der Waals surface area contributed by atoms with Crippen molar-refractivity contribution in [3.8, 4) is 0 Å². The van der Waals surface area contributed by atoms with E-state index in [0.29, 0.717) is 18.2 Å². The maximum absolute atomic E-state index is 12.8. The molecular weight excluding hydrogens is 371 g/mol. The number of hydrogen-bond donors (Lipinski definition) is 1. The first-order valence-corrected chi connectivity index (χ1v) is 9.57. The molecule has 0 aromatic heterocycles. The molecule has 2 unspecified atom stereocenters. The Labute approximate surface area is 163 Å². The first-order chi connectivity index (χ1) is 12.6. The number of halogens is 2. The predicted molar refractivity (Wildman–Crippen MR) is 105 cm³/mol. The van der Waals surface area contributed by atoms with Gasteiger partial charge in [-0.25, -0.2) is 0 Å². The molecule has 1 heterocycles. The van der Waals surface area contributed by atoms with Gasteiger partial charge in [0.1, 0.15) is 0 Å². The zero-order valence-corrected chi connectivity index (χ0v) is 15.8. The van der Waals surface area contributed by atoms with Crippen molar-refractivity contribution >= 4 is 40.5 Å². The lowest BCUT2D eigenvalue weighted by Gasteiger charge is -2.31. The SMILES string of the molecule is O=C(Nc1cccc(Cl)c1N1CCOCC1)C1CC1c1ccccc1Cl. The summed E-state index contributed by atoms with van der Waals surface area (Å²) in [4.78, 5) is 14.9. The number of nitrogens with one attached hydrogen (secondary N) is 1. The first-order valence-electron chi connectivity index (χ1n) is 8.81. The Morgan fingerprint density at radius 1 is 1.04 bits per heavy atom. The third-order valence-electron chi connectivity index (χ3n) is 5.00. The second-order valence-corrected chi connectivity index (χ2v) is 7.51. The normalized spacial score (nSPS) is 22.2. The van der Waals surface area contributed by atoms with Crippen LogP contribution in [0, 0.1) is 5.92 Å². The minimum absolute atomic E-state index is 0.0201. The molecule has 1 saturated heterocycles. The molecule has 6 heteroatoms. The smallest absolute Gasteiger partial charge is 0.228 e. The molecule has 0 bridgehead atoms. The van der Waals surface area contributed by atoms with Crippen molar-refractivity contribution in [1.29, 1.82) is 0 Å². The molecule has 2 aromatic rings. The summed E-state index contributed by atoms with van der Waals surface area (Å²) in [6.07, 6.45) is 0.822. The van der Waals surface area contributed by atoms with Crippen molar-refractivity contribution in [3.63, 3.8) is 0 Å².